The van der Waals surface area contributed by atoms with Crippen LogP contribution in [0.15, 0.2) is 28.8 Å². The lowest BCUT2D eigenvalue weighted by Gasteiger charge is -2.29. The highest BCUT2D eigenvalue weighted by atomic mass is 16.5. The van der Waals surface area contributed by atoms with Gasteiger partial charge in [0.05, 0.1) is 25.5 Å². The van der Waals surface area contributed by atoms with Crippen LogP contribution in [0.3, 0.4) is 0 Å². The van der Waals surface area contributed by atoms with Gasteiger partial charge in [0.25, 0.3) is 0 Å². The van der Waals surface area contributed by atoms with Crippen LogP contribution in [0.2, 0.25) is 0 Å². The van der Waals surface area contributed by atoms with Crippen molar-refractivity contribution in [3.63, 3.8) is 0 Å². The summed E-state index contributed by atoms with van der Waals surface area (Å²) < 4.78 is 19.4. The van der Waals surface area contributed by atoms with E-state index in [1.54, 1.807) is 0 Å². The van der Waals surface area contributed by atoms with Gasteiger partial charge in [0.2, 0.25) is 0 Å². The molecule has 1 unspecified atom stereocenters. The smallest absolute Gasteiger partial charge is 0.150 e. The predicted molar refractivity (Wildman–Crippen MR) is 111 cm³/mol. The van der Waals surface area contributed by atoms with Gasteiger partial charge in [0.15, 0.2) is 6.23 Å². The average molecular weight is 403 g/mol. The minimum atomic E-state index is 0.0785. The fourth-order valence-electron chi connectivity index (χ4n) is 4.22. The van der Waals surface area contributed by atoms with E-state index in [9.17, 15) is 0 Å². The van der Waals surface area contributed by atoms with Crippen LogP contribution in [0.25, 0.3) is 0 Å². The first-order valence-electron chi connectivity index (χ1n) is 11.0. The monoisotopic (exact) mass is 402 g/mol. The number of ether oxygens (including phenoxy) is 2. The third-order valence-corrected chi connectivity index (χ3v) is 5.79. The van der Waals surface area contributed by atoms with E-state index in [0.717, 1.165) is 89.9 Å². The molecule has 1 atom stereocenters. The SMILES string of the molecule is Cc1ccc(CN(CCCN2CCOCC2)Cc2ccnn2C2CCCCO2)o1. The average Bonchev–Trinajstić information content (AvgIpc) is 3.38. The molecular weight excluding hydrogens is 368 g/mol. The van der Waals surface area contributed by atoms with Gasteiger partial charge in [-0.05, 0) is 57.4 Å². The van der Waals surface area contributed by atoms with Gasteiger partial charge < -0.3 is 13.9 Å². The predicted octanol–water partition coefficient (Wildman–Crippen LogP) is 3.21. The summed E-state index contributed by atoms with van der Waals surface area (Å²) in [4.78, 5) is 4.97. The molecule has 0 amide bonds. The molecule has 2 saturated heterocycles. The summed E-state index contributed by atoms with van der Waals surface area (Å²) in [7, 11) is 0. The molecule has 4 heterocycles. The summed E-state index contributed by atoms with van der Waals surface area (Å²) in [5, 5.41) is 4.58. The number of morpholine rings is 1. The second-order valence-corrected chi connectivity index (χ2v) is 8.12. The molecule has 0 spiro atoms. The van der Waals surface area contributed by atoms with E-state index in [4.69, 9.17) is 13.9 Å². The summed E-state index contributed by atoms with van der Waals surface area (Å²) in [6.45, 7) is 10.4. The summed E-state index contributed by atoms with van der Waals surface area (Å²) >= 11 is 0. The topological polar surface area (TPSA) is 55.9 Å². The van der Waals surface area contributed by atoms with E-state index in [0.29, 0.717) is 0 Å². The number of aromatic nitrogens is 2. The minimum Gasteiger partial charge on any atom is -0.465 e. The maximum atomic E-state index is 5.97. The van der Waals surface area contributed by atoms with Crippen molar-refractivity contribution in [2.24, 2.45) is 0 Å². The van der Waals surface area contributed by atoms with Crippen molar-refractivity contribution < 1.29 is 13.9 Å². The van der Waals surface area contributed by atoms with E-state index in [-0.39, 0.29) is 6.23 Å². The quantitative estimate of drug-likeness (QED) is 0.642. The van der Waals surface area contributed by atoms with E-state index in [2.05, 4.69) is 31.7 Å². The zero-order valence-electron chi connectivity index (χ0n) is 17.6. The van der Waals surface area contributed by atoms with Gasteiger partial charge in [0, 0.05) is 39.0 Å². The summed E-state index contributed by atoms with van der Waals surface area (Å²) in [6, 6.07) is 6.26. The van der Waals surface area contributed by atoms with E-state index < -0.39 is 0 Å². The normalized spacial score (nSPS) is 21.1. The molecule has 7 nitrogen and oxygen atoms in total. The first kappa shape index (κ1) is 20.6. The summed E-state index contributed by atoms with van der Waals surface area (Å²) in [5.41, 5.74) is 1.21. The highest BCUT2D eigenvalue weighted by molar-refractivity contribution is 5.07. The molecule has 0 N–H and O–H groups in total. The largest absolute Gasteiger partial charge is 0.465 e. The fraction of sp³-hybridized carbons (Fsp3) is 0.682. The molecule has 2 aliphatic rings. The molecule has 29 heavy (non-hydrogen) atoms. The van der Waals surface area contributed by atoms with E-state index >= 15 is 0 Å². The first-order chi connectivity index (χ1) is 14.3. The zero-order valence-corrected chi connectivity index (χ0v) is 17.6. The second kappa shape index (κ2) is 10.4. The Balaban J connectivity index is 1.38. The molecule has 2 fully saturated rings. The van der Waals surface area contributed by atoms with Crippen LogP contribution in [0.1, 0.15) is 49.1 Å². The number of hydrogen-bond donors (Lipinski definition) is 0. The van der Waals surface area contributed by atoms with Gasteiger partial charge in [-0.2, -0.15) is 5.10 Å². The molecule has 0 aliphatic carbocycles. The second-order valence-electron chi connectivity index (χ2n) is 8.12. The van der Waals surface area contributed by atoms with Crippen LogP contribution in [0, 0.1) is 6.92 Å². The van der Waals surface area contributed by atoms with E-state index in [1.807, 2.05) is 19.2 Å². The maximum absolute atomic E-state index is 5.97. The first-order valence-corrected chi connectivity index (χ1v) is 11.0. The number of furan rings is 1. The van der Waals surface area contributed by atoms with Crippen molar-refractivity contribution in [3.05, 3.63) is 41.6 Å². The van der Waals surface area contributed by atoms with Crippen molar-refractivity contribution in [2.75, 3.05) is 46.0 Å². The molecular formula is C22H34N4O3. The van der Waals surface area contributed by atoms with E-state index in [1.165, 1.54) is 12.1 Å². The van der Waals surface area contributed by atoms with Crippen molar-refractivity contribution >= 4 is 0 Å². The van der Waals surface area contributed by atoms with Crippen molar-refractivity contribution in [2.45, 2.75) is 51.9 Å². The molecule has 7 heteroatoms. The highest BCUT2D eigenvalue weighted by Crippen LogP contribution is 2.24. The molecule has 2 aromatic rings. The van der Waals surface area contributed by atoms with Gasteiger partial charge in [-0.3, -0.25) is 9.80 Å². The fourth-order valence-corrected chi connectivity index (χ4v) is 4.22. The van der Waals surface area contributed by atoms with Crippen molar-refractivity contribution in [1.82, 2.24) is 19.6 Å². The summed E-state index contributed by atoms with van der Waals surface area (Å²) in [5.74, 6) is 1.99. The van der Waals surface area contributed by atoms with Crippen LogP contribution in [0.5, 0.6) is 0 Å². The Hall–Kier alpha value is -1.67. The zero-order chi connectivity index (χ0) is 19.9. The van der Waals surface area contributed by atoms with Gasteiger partial charge in [0.1, 0.15) is 11.5 Å². The number of rotatable bonds is 9. The van der Waals surface area contributed by atoms with Crippen LogP contribution < -0.4 is 0 Å². The van der Waals surface area contributed by atoms with Crippen molar-refractivity contribution in [1.29, 1.82) is 0 Å². The molecule has 0 radical (unpaired) electrons. The third-order valence-electron chi connectivity index (χ3n) is 5.79. The highest BCUT2D eigenvalue weighted by Gasteiger charge is 2.21. The molecule has 2 aromatic heterocycles. The summed E-state index contributed by atoms with van der Waals surface area (Å²) in [6.07, 6.45) is 6.51. The van der Waals surface area contributed by atoms with Crippen LogP contribution >= 0.6 is 0 Å². The van der Waals surface area contributed by atoms with Gasteiger partial charge in [-0.25, -0.2) is 4.68 Å². The maximum Gasteiger partial charge on any atom is 0.150 e. The third kappa shape index (κ3) is 5.92. The molecule has 0 saturated carbocycles. The Kier molecular flexibility index (Phi) is 7.38. The molecule has 160 valence electrons. The van der Waals surface area contributed by atoms with Crippen LogP contribution in [0.4, 0.5) is 0 Å². The van der Waals surface area contributed by atoms with Crippen molar-refractivity contribution in [3.8, 4) is 0 Å². The Morgan fingerprint density at radius 2 is 2.00 bits per heavy atom. The standard InChI is InChI=1S/C22H34N4O3/c1-19-6-7-21(29-19)18-25(11-4-10-24-12-15-27-16-13-24)17-20-8-9-23-26(20)22-5-2-3-14-28-22/h6-9,22H,2-5,10-18H2,1H3. The van der Waals surface area contributed by atoms with Crippen LogP contribution in [-0.4, -0.2) is 65.6 Å². The molecule has 0 aromatic carbocycles. The number of aryl methyl sites for hydroxylation is 1. The molecule has 0 bridgehead atoms. The Morgan fingerprint density at radius 3 is 2.76 bits per heavy atom. The minimum absolute atomic E-state index is 0.0785. The lowest BCUT2D eigenvalue weighted by molar-refractivity contribution is -0.0422. The lowest BCUT2D eigenvalue weighted by Crippen LogP contribution is -2.38. The van der Waals surface area contributed by atoms with Gasteiger partial charge in [-0.1, -0.05) is 0 Å². The molecule has 4 rings (SSSR count). The van der Waals surface area contributed by atoms with Gasteiger partial charge in [-0.15, -0.1) is 0 Å². The lowest BCUT2D eigenvalue weighted by atomic mass is 10.2. The van der Waals surface area contributed by atoms with Crippen LogP contribution in [-0.2, 0) is 22.6 Å². The molecule has 2 aliphatic heterocycles. The Bertz CT molecular complexity index is 732. The number of nitrogens with zero attached hydrogens (tertiary/aromatic N) is 4. The Morgan fingerprint density at radius 1 is 1.10 bits per heavy atom. The number of hydrogen-bond acceptors (Lipinski definition) is 6. The Labute approximate surface area is 173 Å². The van der Waals surface area contributed by atoms with Gasteiger partial charge >= 0.3 is 0 Å².